The minimum Gasteiger partial charge on any atom is -0.452 e. The van der Waals surface area contributed by atoms with Crippen LogP contribution in [0.3, 0.4) is 0 Å². The zero-order chi connectivity index (χ0) is 20.3. The van der Waals surface area contributed by atoms with E-state index in [2.05, 4.69) is 10.1 Å². The van der Waals surface area contributed by atoms with Crippen molar-refractivity contribution in [2.75, 3.05) is 32.6 Å². The van der Waals surface area contributed by atoms with Gasteiger partial charge in [-0.25, -0.2) is 14.3 Å². The Morgan fingerprint density at radius 3 is 2.54 bits per heavy atom. The van der Waals surface area contributed by atoms with Crippen molar-refractivity contribution in [3.05, 3.63) is 59.5 Å². The van der Waals surface area contributed by atoms with Gasteiger partial charge in [-0.05, 0) is 30.7 Å². The zero-order valence-electron chi connectivity index (χ0n) is 16.4. The third-order valence-corrected chi connectivity index (χ3v) is 4.40. The first kappa shape index (κ1) is 19.3. The van der Waals surface area contributed by atoms with Crippen molar-refractivity contribution in [1.82, 2.24) is 19.5 Å². The molecule has 0 N–H and O–H groups in total. The summed E-state index contributed by atoms with van der Waals surface area (Å²) >= 11 is 0. The highest BCUT2D eigenvalue weighted by Crippen LogP contribution is 2.15. The Morgan fingerprint density at radius 1 is 1.14 bits per heavy atom. The van der Waals surface area contributed by atoms with Gasteiger partial charge in [-0.3, -0.25) is 4.79 Å². The van der Waals surface area contributed by atoms with Gasteiger partial charge in [-0.1, -0.05) is 12.1 Å². The lowest BCUT2D eigenvalue weighted by Gasteiger charge is -2.18. The number of amides is 1. The second kappa shape index (κ2) is 8.08. The minimum atomic E-state index is -0.608. The molecule has 0 aliphatic heterocycles. The number of anilines is 1. The Hall–Kier alpha value is -3.42. The number of esters is 1. The number of carbonyl (C=O) groups is 2. The third-order valence-electron chi connectivity index (χ3n) is 4.40. The second-order valence-electron chi connectivity index (χ2n) is 6.74. The molecule has 0 fully saturated rings. The summed E-state index contributed by atoms with van der Waals surface area (Å²) in [6, 6.07) is 9.65. The Morgan fingerprint density at radius 2 is 1.86 bits per heavy atom. The second-order valence-corrected chi connectivity index (χ2v) is 6.74. The van der Waals surface area contributed by atoms with Gasteiger partial charge in [0.2, 0.25) is 0 Å². The van der Waals surface area contributed by atoms with E-state index in [-0.39, 0.29) is 18.1 Å². The van der Waals surface area contributed by atoms with Gasteiger partial charge in [-0.2, -0.15) is 5.10 Å². The summed E-state index contributed by atoms with van der Waals surface area (Å²) in [5.74, 6) is -0.893. The molecule has 0 spiro atoms. The van der Waals surface area contributed by atoms with E-state index in [1.165, 1.54) is 9.42 Å². The summed E-state index contributed by atoms with van der Waals surface area (Å²) < 4.78 is 6.73. The molecule has 2 aromatic heterocycles. The van der Waals surface area contributed by atoms with Crippen molar-refractivity contribution >= 4 is 23.2 Å². The molecular formula is C20H23N5O3. The summed E-state index contributed by atoms with van der Waals surface area (Å²) in [6.45, 7) is 1.80. The monoisotopic (exact) mass is 381 g/mol. The van der Waals surface area contributed by atoms with Crippen LogP contribution < -0.4 is 4.90 Å². The van der Waals surface area contributed by atoms with Crippen LogP contribution in [0.5, 0.6) is 0 Å². The largest absolute Gasteiger partial charge is 0.452 e. The number of fused-ring (bicyclic) bond motifs is 1. The Bertz CT molecular complexity index is 995. The molecular weight excluding hydrogens is 358 g/mol. The number of nitrogens with zero attached hydrogens (tertiary/aromatic N) is 5. The summed E-state index contributed by atoms with van der Waals surface area (Å²) in [4.78, 5) is 32.5. The van der Waals surface area contributed by atoms with Crippen LogP contribution in [-0.2, 0) is 16.1 Å². The zero-order valence-corrected chi connectivity index (χ0v) is 16.4. The molecule has 0 radical (unpaired) electrons. The van der Waals surface area contributed by atoms with E-state index in [1.54, 1.807) is 32.4 Å². The van der Waals surface area contributed by atoms with Crippen LogP contribution in [0.2, 0.25) is 0 Å². The Balaban J connectivity index is 1.59. The lowest BCUT2D eigenvalue weighted by Crippen LogP contribution is -2.30. The van der Waals surface area contributed by atoms with Crippen molar-refractivity contribution in [3.8, 4) is 0 Å². The fourth-order valence-electron chi connectivity index (χ4n) is 2.81. The molecule has 0 unspecified atom stereocenters. The number of likely N-dealkylation sites (N-methyl/N-ethyl adjacent to an activating group) is 1. The highest BCUT2D eigenvalue weighted by molar-refractivity contribution is 5.98. The highest BCUT2D eigenvalue weighted by Gasteiger charge is 2.21. The fraction of sp³-hybridized carbons (Fsp3) is 0.300. The number of benzene rings is 1. The van der Waals surface area contributed by atoms with Crippen LogP contribution in [0.15, 0.2) is 42.7 Å². The van der Waals surface area contributed by atoms with Gasteiger partial charge in [-0.15, -0.1) is 0 Å². The van der Waals surface area contributed by atoms with E-state index in [0.29, 0.717) is 17.9 Å². The molecule has 0 saturated heterocycles. The third kappa shape index (κ3) is 4.11. The average Bonchev–Trinajstić information content (AvgIpc) is 3.02. The molecule has 0 atom stereocenters. The molecule has 0 saturated carbocycles. The number of carbonyl (C=O) groups excluding carboxylic acids is 2. The number of rotatable bonds is 6. The summed E-state index contributed by atoms with van der Waals surface area (Å²) in [5.41, 5.74) is 3.27. The van der Waals surface area contributed by atoms with Crippen LogP contribution in [0, 0.1) is 6.92 Å². The minimum absolute atomic E-state index is 0.273. The average molecular weight is 381 g/mol. The van der Waals surface area contributed by atoms with Crippen molar-refractivity contribution < 1.29 is 14.3 Å². The molecule has 0 aliphatic rings. The van der Waals surface area contributed by atoms with Crippen LogP contribution >= 0.6 is 0 Å². The van der Waals surface area contributed by atoms with E-state index >= 15 is 0 Å². The highest BCUT2D eigenvalue weighted by atomic mass is 16.5. The van der Waals surface area contributed by atoms with Crippen molar-refractivity contribution in [1.29, 1.82) is 0 Å². The van der Waals surface area contributed by atoms with Crippen molar-refractivity contribution in [2.24, 2.45) is 0 Å². The predicted molar refractivity (Wildman–Crippen MR) is 105 cm³/mol. The molecule has 1 amide bonds. The SMILES string of the molecule is Cc1nn2cccnc2c1C(=O)OCC(=O)N(C)Cc1ccc(N(C)C)cc1. The van der Waals surface area contributed by atoms with E-state index in [0.717, 1.165) is 11.3 Å². The Kier molecular flexibility index (Phi) is 5.58. The molecule has 3 rings (SSSR count). The summed E-state index contributed by atoms with van der Waals surface area (Å²) in [6.07, 6.45) is 3.28. The molecule has 8 nitrogen and oxygen atoms in total. The topological polar surface area (TPSA) is 80.0 Å². The maximum absolute atomic E-state index is 12.4. The van der Waals surface area contributed by atoms with Crippen LogP contribution in [-0.4, -0.2) is 59.1 Å². The molecule has 3 aromatic rings. The molecule has 2 heterocycles. The molecule has 146 valence electrons. The normalized spacial score (nSPS) is 10.7. The predicted octanol–water partition coefficient (Wildman–Crippen LogP) is 1.92. The standard InChI is InChI=1S/C20H23N5O3/c1-14-18(19-21-10-5-11-25(19)22-14)20(27)28-13-17(26)24(4)12-15-6-8-16(9-7-15)23(2)3/h5-11H,12-13H2,1-4H3. The van der Waals surface area contributed by atoms with Gasteiger partial charge < -0.3 is 14.5 Å². The van der Waals surface area contributed by atoms with Crippen LogP contribution in [0.4, 0.5) is 5.69 Å². The van der Waals surface area contributed by atoms with Gasteiger partial charge in [0.05, 0.1) is 5.69 Å². The fourth-order valence-corrected chi connectivity index (χ4v) is 2.81. The maximum atomic E-state index is 12.4. The van der Waals surface area contributed by atoms with Crippen LogP contribution in [0.25, 0.3) is 5.65 Å². The molecule has 0 aliphatic carbocycles. The smallest absolute Gasteiger partial charge is 0.344 e. The summed E-state index contributed by atoms with van der Waals surface area (Å²) in [7, 11) is 5.62. The van der Waals surface area contributed by atoms with Crippen LogP contribution in [0.1, 0.15) is 21.6 Å². The van der Waals surface area contributed by atoms with Gasteiger partial charge >= 0.3 is 5.97 Å². The van der Waals surface area contributed by atoms with E-state index in [1.807, 2.05) is 43.3 Å². The van der Waals surface area contributed by atoms with Gasteiger partial charge in [0, 0.05) is 45.8 Å². The number of ether oxygens (including phenoxy) is 1. The first-order chi connectivity index (χ1) is 13.4. The first-order valence-corrected chi connectivity index (χ1v) is 8.84. The molecule has 28 heavy (non-hydrogen) atoms. The van der Waals surface area contributed by atoms with E-state index in [9.17, 15) is 9.59 Å². The molecule has 0 bridgehead atoms. The quantitative estimate of drug-likeness (QED) is 0.607. The van der Waals surface area contributed by atoms with E-state index in [4.69, 9.17) is 4.74 Å². The number of hydrogen-bond donors (Lipinski definition) is 0. The molecule has 1 aromatic carbocycles. The maximum Gasteiger partial charge on any atom is 0.344 e. The van der Waals surface area contributed by atoms with E-state index < -0.39 is 5.97 Å². The number of hydrogen-bond acceptors (Lipinski definition) is 6. The first-order valence-electron chi connectivity index (χ1n) is 8.84. The number of aromatic nitrogens is 3. The lowest BCUT2D eigenvalue weighted by molar-refractivity contribution is -0.133. The van der Waals surface area contributed by atoms with Crippen molar-refractivity contribution in [2.45, 2.75) is 13.5 Å². The Labute approximate surface area is 163 Å². The van der Waals surface area contributed by atoms with Gasteiger partial charge in [0.15, 0.2) is 12.3 Å². The molecule has 8 heteroatoms. The van der Waals surface area contributed by atoms with Gasteiger partial charge in [0.1, 0.15) is 5.56 Å². The lowest BCUT2D eigenvalue weighted by atomic mass is 10.2. The summed E-state index contributed by atoms with van der Waals surface area (Å²) in [5, 5.41) is 4.23. The van der Waals surface area contributed by atoms with Crippen molar-refractivity contribution in [3.63, 3.8) is 0 Å². The van der Waals surface area contributed by atoms with Gasteiger partial charge in [0.25, 0.3) is 5.91 Å². The number of aryl methyl sites for hydroxylation is 1.